The Kier molecular flexibility index (Phi) is 5.76. The van der Waals surface area contributed by atoms with Gasteiger partial charge in [0.15, 0.2) is 0 Å². The Morgan fingerprint density at radius 1 is 1.26 bits per heavy atom. The summed E-state index contributed by atoms with van der Waals surface area (Å²) in [5, 5.41) is 13.7. The minimum atomic E-state index is -4.55. The predicted octanol–water partition coefficient (Wildman–Crippen LogP) is 3.93. The maximum Gasteiger partial charge on any atom is 0.419 e. The number of rotatable bonds is 7. The van der Waals surface area contributed by atoms with E-state index in [1.807, 2.05) is 24.6 Å². The lowest BCUT2D eigenvalue weighted by Gasteiger charge is -2.26. The van der Waals surface area contributed by atoms with Crippen molar-refractivity contribution >= 4 is 5.82 Å². The Balaban J connectivity index is 1.56. The van der Waals surface area contributed by atoms with Crippen LogP contribution in [0.25, 0.3) is 11.3 Å². The Hall–Kier alpha value is -2.13. The molecule has 0 spiro atoms. The van der Waals surface area contributed by atoms with Crippen LogP contribution in [0.2, 0.25) is 0 Å². The van der Waals surface area contributed by atoms with Crippen molar-refractivity contribution in [2.45, 2.75) is 57.3 Å². The van der Waals surface area contributed by atoms with E-state index >= 15 is 0 Å². The number of nitrogens with two attached hydrogens (primary N) is 1. The number of aromatic nitrogens is 3. The lowest BCUT2D eigenvalue weighted by molar-refractivity contribution is -0.137. The lowest BCUT2D eigenvalue weighted by Crippen LogP contribution is -2.32. The van der Waals surface area contributed by atoms with Crippen LogP contribution in [-0.2, 0) is 6.18 Å². The first-order valence-electron chi connectivity index (χ1n) is 10.9. The molecule has 3 N–H and O–H groups in total. The summed E-state index contributed by atoms with van der Waals surface area (Å²) in [6.45, 7) is 5.17. The van der Waals surface area contributed by atoms with Crippen LogP contribution in [0.1, 0.15) is 56.3 Å². The summed E-state index contributed by atoms with van der Waals surface area (Å²) >= 11 is 0. The van der Waals surface area contributed by atoms with Gasteiger partial charge in [-0.2, -0.15) is 18.3 Å². The summed E-state index contributed by atoms with van der Waals surface area (Å²) in [7, 11) is 2.11. The third kappa shape index (κ3) is 4.17. The van der Waals surface area contributed by atoms with Crippen LogP contribution in [0.15, 0.2) is 18.3 Å². The molecule has 0 saturated heterocycles. The largest absolute Gasteiger partial charge is 0.419 e. The van der Waals surface area contributed by atoms with Crippen LogP contribution >= 0.6 is 0 Å². The van der Waals surface area contributed by atoms with Crippen LogP contribution in [0.3, 0.4) is 0 Å². The number of aliphatic hydroxyl groups is 1. The first-order chi connectivity index (χ1) is 14.6. The summed E-state index contributed by atoms with van der Waals surface area (Å²) in [6, 6.07) is 3.61. The first kappa shape index (κ1) is 22.1. The summed E-state index contributed by atoms with van der Waals surface area (Å²) in [5.41, 5.74) is 6.45. The molecule has 2 heterocycles. The number of nitrogen functional groups attached to an aromatic ring is 1. The second-order valence-corrected chi connectivity index (χ2v) is 9.18. The predicted molar refractivity (Wildman–Crippen MR) is 112 cm³/mol. The van der Waals surface area contributed by atoms with Crippen LogP contribution in [-0.4, -0.2) is 51.0 Å². The molecule has 4 atom stereocenters. The van der Waals surface area contributed by atoms with Gasteiger partial charge in [-0.3, -0.25) is 4.68 Å². The molecule has 170 valence electrons. The zero-order chi connectivity index (χ0) is 22.5. The molecule has 0 amide bonds. The molecular formula is C22H30F3N5O. The van der Waals surface area contributed by atoms with Gasteiger partial charge in [0, 0.05) is 48.6 Å². The topological polar surface area (TPSA) is 80.2 Å². The van der Waals surface area contributed by atoms with E-state index in [1.165, 1.54) is 6.20 Å². The highest BCUT2D eigenvalue weighted by molar-refractivity contribution is 5.63. The van der Waals surface area contributed by atoms with Gasteiger partial charge < -0.3 is 15.7 Å². The van der Waals surface area contributed by atoms with Gasteiger partial charge >= 0.3 is 6.18 Å². The smallest absolute Gasteiger partial charge is 0.396 e. The van der Waals surface area contributed by atoms with Crippen molar-refractivity contribution < 1.29 is 18.3 Å². The number of fused-ring (bicyclic) bond motifs is 1. The van der Waals surface area contributed by atoms with E-state index in [0.29, 0.717) is 35.1 Å². The van der Waals surface area contributed by atoms with E-state index in [1.54, 1.807) is 0 Å². The molecule has 2 aromatic heterocycles. The fourth-order valence-electron chi connectivity index (χ4n) is 5.17. The minimum absolute atomic E-state index is 0.108. The van der Waals surface area contributed by atoms with Gasteiger partial charge in [-0.05, 0) is 64.1 Å². The molecule has 0 unspecified atom stereocenters. The Labute approximate surface area is 180 Å². The molecule has 2 fully saturated rings. The Bertz CT molecular complexity index is 930. The maximum absolute atomic E-state index is 13.3. The second kappa shape index (κ2) is 8.09. The number of hydrogen-bond donors (Lipinski definition) is 2. The molecule has 2 aromatic rings. The molecule has 6 nitrogen and oxygen atoms in total. The van der Waals surface area contributed by atoms with Gasteiger partial charge in [-0.1, -0.05) is 0 Å². The zero-order valence-corrected chi connectivity index (χ0v) is 18.1. The van der Waals surface area contributed by atoms with Gasteiger partial charge in [0.2, 0.25) is 0 Å². The number of nitrogens with zero attached hydrogens (tertiary/aromatic N) is 4. The molecule has 0 radical (unpaired) electrons. The monoisotopic (exact) mass is 437 g/mol. The molecule has 2 aliphatic rings. The molecule has 31 heavy (non-hydrogen) atoms. The highest BCUT2D eigenvalue weighted by Crippen LogP contribution is 2.64. The van der Waals surface area contributed by atoms with E-state index in [2.05, 4.69) is 22.0 Å². The molecule has 0 aliphatic heterocycles. The standard InChI is InChI=1S/C22H30F3N5O/c1-12(2)30-19(20-15-8-14(9-16(15)20)29(3)5-4-6-31)10-18(28-30)13-7-17(22(23,24)25)21(26)27-11-13/h7,10-12,14-16,20,31H,4-6,8-9H2,1-3H3,(H2,26,27)/t14-,15+,16-,20-. The van der Waals surface area contributed by atoms with Crippen LogP contribution < -0.4 is 5.73 Å². The fraction of sp³-hybridized carbons (Fsp3) is 0.636. The van der Waals surface area contributed by atoms with Gasteiger partial charge in [0.1, 0.15) is 5.82 Å². The van der Waals surface area contributed by atoms with Crippen molar-refractivity contribution in [2.24, 2.45) is 11.8 Å². The summed E-state index contributed by atoms with van der Waals surface area (Å²) < 4.78 is 41.8. The third-order valence-electron chi connectivity index (χ3n) is 6.83. The van der Waals surface area contributed by atoms with Crippen LogP contribution in [0.4, 0.5) is 19.0 Å². The van der Waals surface area contributed by atoms with E-state index in [9.17, 15) is 13.2 Å². The number of hydrogen-bond acceptors (Lipinski definition) is 5. The number of halogens is 3. The van der Waals surface area contributed by atoms with Crippen molar-refractivity contribution in [3.63, 3.8) is 0 Å². The molecular weight excluding hydrogens is 407 g/mol. The molecule has 2 saturated carbocycles. The molecule has 2 aliphatic carbocycles. The van der Waals surface area contributed by atoms with Gasteiger partial charge in [0.05, 0.1) is 11.3 Å². The number of anilines is 1. The third-order valence-corrected chi connectivity index (χ3v) is 6.83. The second-order valence-electron chi connectivity index (χ2n) is 9.18. The van der Waals surface area contributed by atoms with Crippen molar-refractivity contribution in [1.82, 2.24) is 19.7 Å². The van der Waals surface area contributed by atoms with E-state index < -0.39 is 17.6 Å². The van der Waals surface area contributed by atoms with Crippen LogP contribution in [0, 0.1) is 11.8 Å². The summed E-state index contributed by atoms with van der Waals surface area (Å²) in [6.07, 6.45) is -0.192. The average Bonchev–Trinajstić information content (AvgIpc) is 3.07. The Morgan fingerprint density at radius 2 is 1.94 bits per heavy atom. The Morgan fingerprint density at radius 3 is 2.52 bits per heavy atom. The van der Waals surface area contributed by atoms with Crippen molar-refractivity contribution in [3.8, 4) is 11.3 Å². The zero-order valence-electron chi connectivity index (χ0n) is 18.1. The number of aliphatic hydroxyl groups excluding tert-OH is 1. The normalized spacial score (nSPS) is 25.5. The highest BCUT2D eigenvalue weighted by Gasteiger charge is 2.58. The van der Waals surface area contributed by atoms with E-state index in [-0.39, 0.29) is 12.6 Å². The summed E-state index contributed by atoms with van der Waals surface area (Å²) in [4.78, 5) is 6.10. The SMILES string of the molecule is CC(C)n1nc(-c2cnc(N)c(C(F)(F)F)c2)cc1[C@H]1[C@@H]2C[C@H](N(C)CCCO)C[C@@H]21. The minimum Gasteiger partial charge on any atom is -0.396 e. The van der Waals surface area contributed by atoms with Gasteiger partial charge in [-0.25, -0.2) is 4.98 Å². The van der Waals surface area contributed by atoms with E-state index in [4.69, 9.17) is 10.8 Å². The quantitative estimate of drug-likeness (QED) is 0.686. The first-order valence-corrected chi connectivity index (χ1v) is 10.9. The van der Waals surface area contributed by atoms with Crippen molar-refractivity contribution in [1.29, 1.82) is 0 Å². The fourth-order valence-corrected chi connectivity index (χ4v) is 5.17. The molecule has 0 bridgehead atoms. The number of pyridine rings is 1. The molecule has 9 heteroatoms. The van der Waals surface area contributed by atoms with Gasteiger partial charge in [-0.15, -0.1) is 0 Å². The lowest BCUT2D eigenvalue weighted by atomic mass is 10.0. The van der Waals surface area contributed by atoms with Crippen molar-refractivity contribution in [2.75, 3.05) is 25.9 Å². The highest BCUT2D eigenvalue weighted by atomic mass is 19.4. The number of alkyl halides is 3. The van der Waals surface area contributed by atoms with Crippen LogP contribution in [0.5, 0.6) is 0 Å². The maximum atomic E-state index is 13.3. The molecule has 4 rings (SSSR count). The average molecular weight is 438 g/mol. The van der Waals surface area contributed by atoms with Crippen molar-refractivity contribution in [3.05, 3.63) is 29.6 Å². The van der Waals surface area contributed by atoms with Gasteiger partial charge in [0.25, 0.3) is 0 Å². The summed E-state index contributed by atoms with van der Waals surface area (Å²) in [5.74, 6) is 1.04. The molecule has 0 aromatic carbocycles. The van der Waals surface area contributed by atoms with E-state index in [0.717, 1.165) is 37.6 Å².